The van der Waals surface area contributed by atoms with Crippen LogP contribution in [0.2, 0.25) is 0 Å². The standard InChI is InChI=1S/C17H27NO3/c1-13(2)10-17(4,20)12-18-16(19)14(3)21-11-15-8-6-5-7-9-15/h5-9,13-14,20H,10-12H2,1-4H3,(H,18,19). The van der Waals surface area contributed by atoms with E-state index in [9.17, 15) is 9.90 Å². The van der Waals surface area contributed by atoms with Crippen molar-refractivity contribution in [2.75, 3.05) is 6.54 Å². The van der Waals surface area contributed by atoms with Crippen LogP contribution in [0, 0.1) is 5.92 Å². The molecule has 0 fully saturated rings. The Hall–Kier alpha value is -1.39. The van der Waals surface area contributed by atoms with Gasteiger partial charge in [-0.2, -0.15) is 0 Å². The van der Waals surface area contributed by atoms with Crippen LogP contribution in [0.1, 0.15) is 39.7 Å². The van der Waals surface area contributed by atoms with Crippen LogP contribution in [-0.4, -0.2) is 29.3 Å². The van der Waals surface area contributed by atoms with Gasteiger partial charge < -0.3 is 15.2 Å². The number of carbonyl (C=O) groups excluding carboxylic acids is 1. The first kappa shape index (κ1) is 17.7. The van der Waals surface area contributed by atoms with Gasteiger partial charge in [0.1, 0.15) is 6.10 Å². The normalized spacial score (nSPS) is 15.5. The van der Waals surface area contributed by atoms with Gasteiger partial charge in [0.2, 0.25) is 5.91 Å². The van der Waals surface area contributed by atoms with E-state index in [2.05, 4.69) is 5.32 Å². The van der Waals surface area contributed by atoms with Crippen molar-refractivity contribution in [3.8, 4) is 0 Å². The van der Waals surface area contributed by atoms with Gasteiger partial charge >= 0.3 is 0 Å². The van der Waals surface area contributed by atoms with Crippen LogP contribution < -0.4 is 5.32 Å². The molecule has 1 aromatic rings. The largest absolute Gasteiger partial charge is 0.388 e. The number of benzene rings is 1. The summed E-state index contributed by atoms with van der Waals surface area (Å²) in [6.07, 6.45) is 0.104. The zero-order valence-corrected chi connectivity index (χ0v) is 13.4. The number of nitrogens with one attached hydrogen (secondary N) is 1. The van der Waals surface area contributed by atoms with Gasteiger partial charge in [-0.15, -0.1) is 0 Å². The smallest absolute Gasteiger partial charge is 0.248 e. The first-order chi connectivity index (χ1) is 9.80. The van der Waals surface area contributed by atoms with Crippen molar-refractivity contribution in [2.45, 2.75) is 52.4 Å². The summed E-state index contributed by atoms with van der Waals surface area (Å²) in [5.41, 5.74) is 0.146. The van der Waals surface area contributed by atoms with E-state index in [4.69, 9.17) is 4.74 Å². The quantitative estimate of drug-likeness (QED) is 0.774. The molecule has 0 radical (unpaired) electrons. The van der Waals surface area contributed by atoms with Gasteiger partial charge in [-0.05, 0) is 31.7 Å². The summed E-state index contributed by atoms with van der Waals surface area (Å²) < 4.78 is 5.54. The van der Waals surface area contributed by atoms with E-state index in [1.54, 1.807) is 13.8 Å². The van der Waals surface area contributed by atoms with Crippen molar-refractivity contribution in [2.24, 2.45) is 5.92 Å². The second-order valence-corrected chi connectivity index (χ2v) is 6.25. The van der Waals surface area contributed by atoms with E-state index >= 15 is 0 Å². The summed E-state index contributed by atoms with van der Waals surface area (Å²) in [5.74, 6) is 0.179. The fourth-order valence-corrected chi connectivity index (χ4v) is 2.24. The van der Waals surface area contributed by atoms with E-state index in [-0.39, 0.29) is 12.5 Å². The minimum atomic E-state index is -0.886. The maximum absolute atomic E-state index is 11.9. The SMILES string of the molecule is CC(C)CC(C)(O)CNC(=O)C(C)OCc1ccccc1. The lowest BCUT2D eigenvalue weighted by Gasteiger charge is -2.26. The number of amides is 1. The predicted octanol–water partition coefficient (Wildman–Crippen LogP) is 2.51. The van der Waals surface area contributed by atoms with Gasteiger partial charge in [0.05, 0.1) is 12.2 Å². The summed E-state index contributed by atoms with van der Waals surface area (Å²) in [7, 11) is 0. The molecule has 1 amide bonds. The van der Waals surface area contributed by atoms with Crippen LogP contribution in [-0.2, 0) is 16.1 Å². The molecule has 118 valence electrons. The number of rotatable bonds is 8. The molecule has 21 heavy (non-hydrogen) atoms. The molecule has 0 bridgehead atoms. The van der Waals surface area contributed by atoms with Gasteiger partial charge in [0.25, 0.3) is 0 Å². The number of hydrogen-bond donors (Lipinski definition) is 2. The summed E-state index contributed by atoms with van der Waals surface area (Å²) in [6.45, 7) is 8.18. The Bertz CT molecular complexity index is 429. The molecule has 0 heterocycles. The molecular weight excluding hydrogens is 266 g/mol. The molecule has 2 atom stereocenters. The molecule has 4 heteroatoms. The third-order valence-electron chi connectivity index (χ3n) is 3.20. The van der Waals surface area contributed by atoms with Gasteiger partial charge in [-0.3, -0.25) is 4.79 Å². The summed E-state index contributed by atoms with van der Waals surface area (Å²) >= 11 is 0. The van der Waals surface area contributed by atoms with E-state index in [1.165, 1.54) is 0 Å². The third kappa shape index (κ3) is 7.25. The van der Waals surface area contributed by atoms with Crippen molar-refractivity contribution >= 4 is 5.91 Å². The van der Waals surface area contributed by atoms with Crippen LogP contribution in [0.5, 0.6) is 0 Å². The van der Waals surface area contributed by atoms with Gasteiger partial charge in [-0.25, -0.2) is 0 Å². The highest BCUT2D eigenvalue weighted by Gasteiger charge is 2.24. The highest BCUT2D eigenvalue weighted by atomic mass is 16.5. The van der Waals surface area contributed by atoms with Crippen LogP contribution in [0.25, 0.3) is 0 Å². The molecule has 1 rings (SSSR count). The number of aliphatic hydroxyl groups is 1. The zero-order chi connectivity index (χ0) is 15.9. The molecule has 2 N–H and O–H groups in total. The first-order valence-corrected chi connectivity index (χ1v) is 7.46. The van der Waals surface area contributed by atoms with Gasteiger partial charge in [0.15, 0.2) is 0 Å². The third-order valence-corrected chi connectivity index (χ3v) is 3.20. The Labute approximate surface area is 127 Å². The van der Waals surface area contributed by atoms with Crippen molar-refractivity contribution in [3.05, 3.63) is 35.9 Å². The molecule has 0 aliphatic rings. The zero-order valence-electron chi connectivity index (χ0n) is 13.4. The molecule has 2 unspecified atom stereocenters. The Morgan fingerprint density at radius 3 is 2.48 bits per heavy atom. The van der Waals surface area contributed by atoms with Crippen molar-refractivity contribution in [1.29, 1.82) is 0 Å². The van der Waals surface area contributed by atoms with E-state index in [0.29, 0.717) is 18.9 Å². The lowest BCUT2D eigenvalue weighted by atomic mass is 9.94. The van der Waals surface area contributed by atoms with Crippen molar-refractivity contribution in [3.63, 3.8) is 0 Å². The second kappa shape index (κ2) is 8.15. The summed E-state index contributed by atoms with van der Waals surface area (Å²) in [6, 6.07) is 9.73. The van der Waals surface area contributed by atoms with E-state index < -0.39 is 11.7 Å². The fraction of sp³-hybridized carbons (Fsp3) is 0.588. The lowest BCUT2D eigenvalue weighted by molar-refractivity contribution is -0.133. The Morgan fingerprint density at radius 1 is 1.29 bits per heavy atom. The Morgan fingerprint density at radius 2 is 1.90 bits per heavy atom. The minimum absolute atomic E-state index is 0.199. The van der Waals surface area contributed by atoms with Crippen LogP contribution in [0.4, 0.5) is 0 Å². The first-order valence-electron chi connectivity index (χ1n) is 7.46. The molecule has 0 aromatic heterocycles. The highest BCUT2D eigenvalue weighted by molar-refractivity contribution is 5.80. The summed E-state index contributed by atoms with van der Waals surface area (Å²) in [4.78, 5) is 11.9. The van der Waals surface area contributed by atoms with Crippen LogP contribution >= 0.6 is 0 Å². The van der Waals surface area contributed by atoms with Gasteiger partial charge in [-0.1, -0.05) is 44.2 Å². The molecule has 0 saturated carbocycles. The Balaban J connectivity index is 2.34. The monoisotopic (exact) mass is 293 g/mol. The predicted molar refractivity (Wildman–Crippen MR) is 83.8 cm³/mol. The minimum Gasteiger partial charge on any atom is -0.388 e. The molecule has 1 aromatic carbocycles. The molecular formula is C17H27NO3. The molecule has 0 spiro atoms. The van der Waals surface area contributed by atoms with Gasteiger partial charge in [0, 0.05) is 6.54 Å². The average Bonchev–Trinajstić information content (AvgIpc) is 2.42. The molecule has 0 aliphatic carbocycles. The number of hydrogen-bond acceptors (Lipinski definition) is 3. The average molecular weight is 293 g/mol. The Kier molecular flexibility index (Phi) is 6.85. The van der Waals surface area contributed by atoms with E-state index in [0.717, 1.165) is 5.56 Å². The maximum atomic E-state index is 11.9. The van der Waals surface area contributed by atoms with Crippen molar-refractivity contribution < 1.29 is 14.6 Å². The van der Waals surface area contributed by atoms with Crippen molar-refractivity contribution in [1.82, 2.24) is 5.32 Å². The van der Waals surface area contributed by atoms with Crippen LogP contribution in [0.15, 0.2) is 30.3 Å². The van der Waals surface area contributed by atoms with E-state index in [1.807, 2.05) is 44.2 Å². The highest BCUT2D eigenvalue weighted by Crippen LogP contribution is 2.15. The van der Waals surface area contributed by atoms with Crippen LogP contribution in [0.3, 0.4) is 0 Å². The maximum Gasteiger partial charge on any atom is 0.248 e. The molecule has 0 saturated heterocycles. The second-order valence-electron chi connectivity index (χ2n) is 6.25. The number of carbonyl (C=O) groups is 1. The topological polar surface area (TPSA) is 58.6 Å². The summed E-state index contributed by atoms with van der Waals surface area (Å²) in [5, 5.41) is 12.9. The molecule has 4 nitrogen and oxygen atoms in total. The number of ether oxygens (including phenoxy) is 1. The molecule has 0 aliphatic heterocycles. The fourth-order valence-electron chi connectivity index (χ4n) is 2.24. The lowest BCUT2D eigenvalue weighted by Crippen LogP contribution is -2.44.